The van der Waals surface area contributed by atoms with Gasteiger partial charge in [0.25, 0.3) is 10.0 Å². The number of carbonyl (C=O) groups is 2. The first-order valence-electron chi connectivity index (χ1n) is 9.70. The second-order valence-corrected chi connectivity index (χ2v) is 11.4. The third-order valence-corrected chi connectivity index (χ3v) is 7.74. The zero-order valence-corrected chi connectivity index (χ0v) is 21.1. The van der Waals surface area contributed by atoms with Crippen LogP contribution in [-0.4, -0.2) is 48.8 Å². The molecule has 2 amide bonds. The molecule has 0 bridgehead atoms. The highest BCUT2D eigenvalue weighted by molar-refractivity contribution is 8.01. The van der Waals surface area contributed by atoms with Gasteiger partial charge in [-0.05, 0) is 54.7 Å². The number of amides is 2. The van der Waals surface area contributed by atoms with Crippen molar-refractivity contribution in [1.82, 2.24) is 15.6 Å². The van der Waals surface area contributed by atoms with Gasteiger partial charge in [-0.25, -0.2) is 12.8 Å². The van der Waals surface area contributed by atoms with Gasteiger partial charge in [-0.2, -0.15) is 13.9 Å². The number of aromatic nitrogens is 2. The van der Waals surface area contributed by atoms with Crippen LogP contribution in [0.25, 0.3) is 0 Å². The molecule has 0 fully saturated rings. The number of rotatable bonds is 11. The maximum absolute atomic E-state index is 12.9. The average Bonchev–Trinajstić information content (AvgIpc) is 3.27. The molecule has 17 heteroatoms. The van der Waals surface area contributed by atoms with Crippen molar-refractivity contribution >= 4 is 74.2 Å². The maximum Gasteiger partial charge on any atom is 0.353 e. The fourth-order valence-corrected chi connectivity index (χ4v) is 5.45. The highest BCUT2D eigenvalue weighted by atomic mass is 32.2. The Kier molecular flexibility index (Phi) is 8.93. The van der Waals surface area contributed by atoms with Gasteiger partial charge in [0, 0.05) is 11.4 Å². The summed E-state index contributed by atoms with van der Waals surface area (Å²) in [5.41, 5.74) is 4.38. The fraction of sp³-hybridized carbons (Fsp3) is 0.158. The summed E-state index contributed by atoms with van der Waals surface area (Å²) in [6.45, 7) is -2.15. The summed E-state index contributed by atoms with van der Waals surface area (Å²) in [6.07, 6.45) is 0. The number of H-pyrrole nitrogens is 1. The Bertz CT molecular complexity index is 1400. The van der Waals surface area contributed by atoms with Gasteiger partial charge in [-0.1, -0.05) is 29.2 Å². The molecule has 1 aromatic heterocycles. The monoisotopic (exact) mass is 578 g/mol. The Morgan fingerprint density at radius 3 is 2.44 bits per heavy atom. The number of sulfonamides is 1. The molecule has 0 aliphatic carbocycles. The van der Waals surface area contributed by atoms with Gasteiger partial charge in [0.15, 0.2) is 15.0 Å². The molecule has 36 heavy (non-hydrogen) atoms. The lowest BCUT2D eigenvalue weighted by Crippen LogP contribution is -2.44. The molecule has 0 aliphatic rings. The third-order valence-electron chi connectivity index (χ3n) is 4.13. The van der Waals surface area contributed by atoms with E-state index in [1.165, 1.54) is 71.6 Å². The second-order valence-electron chi connectivity index (χ2n) is 6.84. The first-order valence-corrected chi connectivity index (χ1v) is 13.4. The van der Waals surface area contributed by atoms with Crippen LogP contribution in [0, 0.1) is 3.95 Å². The third kappa shape index (κ3) is 7.67. The molecule has 0 spiro atoms. The fourth-order valence-electron chi connectivity index (χ4n) is 2.46. The summed E-state index contributed by atoms with van der Waals surface area (Å²) < 4.78 is 67.0. The molecule has 10 nitrogen and oxygen atoms in total. The van der Waals surface area contributed by atoms with E-state index >= 15 is 0 Å². The number of nitrogens with one attached hydrogen (secondary N) is 5. The molecule has 3 rings (SSSR count). The minimum absolute atomic E-state index is 0.0393. The summed E-state index contributed by atoms with van der Waals surface area (Å²) in [6, 6.07) is 10.8. The number of nitrogens with zero attached hydrogens (tertiary/aromatic N) is 1. The normalized spacial score (nSPS) is 11.5. The van der Waals surface area contributed by atoms with Gasteiger partial charge in [-0.3, -0.25) is 30.3 Å². The molecule has 0 saturated heterocycles. The van der Waals surface area contributed by atoms with E-state index in [0.29, 0.717) is 8.29 Å². The van der Waals surface area contributed by atoms with Gasteiger partial charge in [0.1, 0.15) is 0 Å². The van der Waals surface area contributed by atoms with Crippen LogP contribution in [0.2, 0.25) is 0 Å². The van der Waals surface area contributed by atoms with Crippen LogP contribution in [0.15, 0.2) is 57.8 Å². The summed E-state index contributed by atoms with van der Waals surface area (Å²) in [7, 11) is -4.05. The molecule has 0 radical (unpaired) electrons. The van der Waals surface area contributed by atoms with Crippen molar-refractivity contribution in [2.45, 2.75) is 15.2 Å². The largest absolute Gasteiger partial charge is 0.353 e. The number of hydrazine groups is 1. The zero-order chi connectivity index (χ0) is 26.3. The number of anilines is 3. The van der Waals surface area contributed by atoms with E-state index < -0.39 is 28.5 Å². The molecule has 5 N–H and O–H groups in total. The standard InChI is InChI=1S/C19H17F3N6O4S4/c20-10-19(21,22)16(30)25-24-11-4-6-12(7-5-11)28-36(31,32)14-3-1-2-13(8-14)23-15(29)9-34-18-27-26-17(33)35-18/h1-8,24,28H,9-10H2,(H,23,29)(H,25,30)(H,26,33). The Morgan fingerprint density at radius 2 is 1.81 bits per heavy atom. The van der Waals surface area contributed by atoms with E-state index in [1.54, 1.807) is 5.43 Å². The number of hydrogen-bond donors (Lipinski definition) is 5. The number of carbonyl (C=O) groups excluding carboxylic acids is 2. The van der Waals surface area contributed by atoms with Crippen molar-refractivity contribution in [1.29, 1.82) is 0 Å². The van der Waals surface area contributed by atoms with Gasteiger partial charge >= 0.3 is 11.8 Å². The van der Waals surface area contributed by atoms with Crippen molar-refractivity contribution in [2.24, 2.45) is 0 Å². The molecule has 192 valence electrons. The lowest BCUT2D eigenvalue weighted by atomic mass is 10.3. The summed E-state index contributed by atoms with van der Waals surface area (Å²) in [4.78, 5) is 23.3. The first-order chi connectivity index (χ1) is 17.0. The molecule has 2 aromatic carbocycles. The number of aromatic amines is 1. The lowest BCUT2D eigenvalue weighted by Gasteiger charge is -2.14. The zero-order valence-electron chi connectivity index (χ0n) is 17.9. The van der Waals surface area contributed by atoms with E-state index in [-0.39, 0.29) is 33.6 Å². The van der Waals surface area contributed by atoms with E-state index in [4.69, 9.17) is 12.2 Å². The van der Waals surface area contributed by atoms with Crippen LogP contribution in [0.5, 0.6) is 0 Å². The molecule has 0 atom stereocenters. The highest BCUT2D eigenvalue weighted by Crippen LogP contribution is 2.23. The molecule has 0 saturated carbocycles. The lowest BCUT2D eigenvalue weighted by molar-refractivity contribution is -0.147. The van der Waals surface area contributed by atoms with E-state index in [9.17, 15) is 31.2 Å². The second kappa shape index (κ2) is 11.7. The highest BCUT2D eigenvalue weighted by Gasteiger charge is 2.39. The van der Waals surface area contributed by atoms with Crippen LogP contribution in [0.1, 0.15) is 0 Å². The number of thioether (sulfide) groups is 1. The van der Waals surface area contributed by atoms with Gasteiger partial charge in [0.2, 0.25) is 5.91 Å². The minimum Gasteiger partial charge on any atom is -0.325 e. The molecule has 1 heterocycles. The van der Waals surface area contributed by atoms with Gasteiger partial charge in [0.05, 0.1) is 16.3 Å². The van der Waals surface area contributed by atoms with Crippen LogP contribution in [-0.2, 0) is 19.6 Å². The minimum atomic E-state index is -4.18. The van der Waals surface area contributed by atoms with E-state index in [1.807, 2.05) is 0 Å². The topological polar surface area (TPSA) is 145 Å². The van der Waals surface area contributed by atoms with Gasteiger partial charge in [-0.15, -0.1) is 0 Å². The Labute approximate surface area is 216 Å². The molecule has 0 aliphatic heterocycles. The number of halogens is 3. The SMILES string of the molecule is O=C(CSc1n[nH]c(=S)s1)Nc1cccc(S(=O)(=O)Nc2ccc(NNC(=O)C(F)(F)CF)cc2)c1. The summed E-state index contributed by atoms with van der Waals surface area (Å²) >= 11 is 7.33. The molecule has 3 aromatic rings. The smallest absolute Gasteiger partial charge is 0.325 e. The Balaban J connectivity index is 1.58. The quantitative estimate of drug-likeness (QED) is 0.131. The predicted octanol–water partition coefficient (Wildman–Crippen LogP) is 3.78. The molecule has 0 unspecified atom stereocenters. The average molecular weight is 579 g/mol. The van der Waals surface area contributed by atoms with Crippen LogP contribution in [0.4, 0.5) is 30.2 Å². The van der Waals surface area contributed by atoms with Crippen molar-refractivity contribution in [3.8, 4) is 0 Å². The van der Waals surface area contributed by atoms with E-state index in [0.717, 1.165) is 0 Å². The number of benzene rings is 2. The Morgan fingerprint density at radius 1 is 1.11 bits per heavy atom. The predicted molar refractivity (Wildman–Crippen MR) is 133 cm³/mol. The van der Waals surface area contributed by atoms with Crippen LogP contribution >= 0.6 is 35.3 Å². The van der Waals surface area contributed by atoms with Crippen molar-refractivity contribution < 1.29 is 31.2 Å². The van der Waals surface area contributed by atoms with Crippen molar-refractivity contribution in [3.63, 3.8) is 0 Å². The van der Waals surface area contributed by atoms with Gasteiger partial charge < -0.3 is 5.32 Å². The Hall–Kier alpha value is -3.15. The number of alkyl halides is 3. The van der Waals surface area contributed by atoms with E-state index in [2.05, 4.69) is 25.7 Å². The number of hydrogen-bond acceptors (Lipinski definition) is 9. The summed E-state index contributed by atoms with van der Waals surface area (Å²) in [5, 5.41) is 9.15. The van der Waals surface area contributed by atoms with Crippen LogP contribution < -0.4 is 20.9 Å². The summed E-state index contributed by atoms with van der Waals surface area (Å²) in [5.74, 6) is -6.36. The molecular weight excluding hydrogens is 562 g/mol. The molecular formula is C19H17F3N6O4S4. The van der Waals surface area contributed by atoms with Crippen molar-refractivity contribution in [3.05, 3.63) is 52.5 Å². The van der Waals surface area contributed by atoms with Crippen LogP contribution in [0.3, 0.4) is 0 Å². The maximum atomic E-state index is 12.9. The first kappa shape index (κ1) is 27.4. The van der Waals surface area contributed by atoms with Crippen molar-refractivity contribution in [2.75, 3.05) is 27.9 Å².